The van der Waals surface area contributed by atoms with E-state index in [1.165, 1.54) is 30.2 Å². The topological polar surface area (TPSA) is 92.8 Å². The van der Waals surface area contributed by atoms with E-state index < -0.39 is 10.0 Å². The lowest BCUT2D eigenvalue weighted by Gasteiger charge is -2.19. The molecule has 4 rings (SSSR count). The zero-order chi connectivity index (χ0) is 23.0. The number of carbonyl (C=O) groups is 2. The fourth-order valence-corrected chi connectivity index (χ4v) is 5.92. The molecule has 1 saturated carbocycles. The lowest BCUT2D eigenvalue weighted by atomic mass is 9.81. The van der Waals surface area contributed by atoms with Crippen LogP contribution in [0.15, 0.2) is 41.3 Å². The number of carbonyl (C=O) groups excluding carboxylic acids is 2. The van der Waals surface area contributed by atoms with Crippen LogP contribution in [0, 0.1) is 18.8 Å². The highest BCUT2D eigenvalue weighted by Crippen LogP contribution is 2.39. The van der Waals surface area contributed by atoms with Gasteiger partial charge in [0.05, 0.1) is 31.2 Å². The zero-order valence-electron chi connectivity index (χ0n) is 17.9. The van der Waals surface area contributed by atoms with Crippen molar-refractivity contribution in [3.8, 4) is 5.75 Å². The number of methoxy groups -OCH3 is 1. The Kier molecular flexibility index (Phi) is 6.18. The first-order valence-electron chi connectivity index (χ1n) is 10.5. The number of halogens is 1. The molecule has 1 N–H and O–H groups in total. The van der Waals surface area contributed by atoms with Crippen LogP contribution in [0.1, 0.15) is 36.8 Å². The second kappa shape index (κ2) is 8.75. The summed E-state index contributed by atoms with van der Waals surface area (Å²) < 4.78 is 34.0. The van der Waals surface area contributed by atoms with Gasteiger partial charge < -0.3 is 4.74 Å². The number of aryl methyl sites for hydroxylation is 1. The number of sulfonamides is 1. The molecule has 1 heterocycles. The summed E-state index contributed by atoms with van der Waals surface area (Å²) in [5.74, 6) is -0.650. The molecule has 2 unspecified atom stereocenters. The van der Waals surface area contributed by atoms with E-state index >= 15 is 0 Å². The molecule has 2 fully saturated rings. The van der Waals surface area contributed by atoms with E-state index in [9.17, 15) is 18.0 Å². The number of imide groups is 1. The Morgan fingerprint density at radius 3 is 2.31 bits per heavy atom. The Morgan fingerprint density at radius 1 is 1.06 bits per heavy atom. The maximum atomic E-state index is 13.1. The van der Waals surface area contributed by atoms with Crippen molar-refractivity contribution in [3.05, 3.63) is 52.5 Å². The number of hydrogen-bond donors (Lipinski definition) is 1. The SMILES string of the molecule is COc1ccc(CN2C(=O)C3CCCCC3C2=O)cc1S(=O)(=O)Nc1ccc(C)c(Cl)c1. The molecule has 1 aliphatic heterocycles. The van der Waals surface area contributed by atoms with Crippen molar-refractivity contribution in [2.45, 2.75) is 44.0 Å². The molecule has 2 aromatic rings. The highest BCUT2D eigenvalue weighted by Gasteiger charge is 2.47. The first kappa shape index (κ1) is 22.6. The van der Waals surface area contributed by atoms with Gasteiger partial charge in [-0.3, -0.25) is 19.2 Å². The minimum absolute atomic E-state index is 0.0353. The Hall–Kier alpha value is -2.58. The maximum absolute atomic E-state index is 13.1. The molecular weight excluding hydrogens is 452 g/mol. The maximum Gasteiger partial charge on any atom is 0.265 e. The van der Waals surface area contributed by atoms with E-state index in [1.807, 2.05) is 6.92 Å². The van der Waals surface area contributed by atoms with Gasteiger partial charge in [0.1, 0.15) is 10.6 Å². The number of rotatable bonds is 6. The smallest absolute Gasteiger partial charge is 0.265 e. The number of nitrogens with one attached hydrogen (secondary N) is 1. The molecule has 0 radical (unpaired) electrons. The Bertz CT molecular complexity index is 1160. The third-order valence-corrected chi connectivity index (χ3v) is 8.02. The van der Waals surface area contributed by atoms with Crippen molar-refractivity contribution in [3.63, 3.8) is 0 Å². The van der Waals surface area contributed by atoms with Gasteiger partial charge in [0.15, 0.2) is 0 Å². The second-order valence-corrected chi connectivity index (χ2v) is 10.4. The van der Waals surface area contributed by atoms with Gasteiger partial charge in [-0.1, -0.05) is 36.6 Å². The minimum Gasteiger partial charge on any atom is -0.495 e. The van der Waals surface area contributed by atoms with Gasteiger partial charge in [-0.15, -0.1) is 0 Å². The van der Waals surface area contributed by atoms with Crippen molar-refractivity contribution in [2.75, 3.05) is 11.8 Å². The summed E-state index contributed by atoms with van der Waals surface area (Å²) in [7, 11) is -2.63. The average molecular weight is 477 g/mol. The molecule has 2 aliphatic rings. The van der Waals surface area contributed by atoms with E-state index in [-0.39, 0.29) is 40.8 Å². The summed E-state index contributed by atoms with van der Waals surface area (Å²) in [6, 6.07) is 9.52. The van der Waals surface area contributed by atoms with Crippen LogP contribution in [0.25, 0.3) is 0 Å². The third kappa shape index (κ3) is 4.21. The number of anilines is 1. The average Bonchev–Trinajstić information content (AvgIpc) is 3.01. The monoisotopic (exact) mass is 476 g/mol. The van der Waals surface area contributed by atoms with Crippen molar-refractivity contribution in [1.29, 1.82) is 0 Å². The molecule has 32 heavy (non-hydrogen) atoms. The quantitative estimate of drug-likeness (QED) is 0.632. The number of benzene rings is 2. The molecule has 2 amide bonds. The van der Waals surface area contributed by atoms with Gasteiger partial charge in [0.2, 0.25) is 11.8 Å². The number of nitrogens with zero attached hydrogens (tertiary/aromatic N) is 1. The van der Waals surface area contributed by atoms with E-state index in [0.717, 1.165) is 31.2 Å². The largest absolute Gasteiger partial charge is 0.495 e. The predicted molar refractivity (Wildman–Crippen MR) is 121 cm³/mol. The van der Waals surface area contributed by atoms with Crippen LogP contribution in [0.4, 0.5) is 5.69 Å². The number of amides is 2. The molecular formula is C23H25ClN2O5S. The van der Waals surface area contributed by atoms with Crippen molar-refractivity contribution >= 4 is 39.1 Å². The van der Waals surface area contributed by atoms with E-state index in [2.05, 4.69) is 4.72 Å². The summed E-state index contributed by atoms with van der Waals surface area (Å²) in [6.45, 7) is 1.86. The minimum atomic E-state index is -4.01. The molecule has 0 spiro atoms. The summed E-state index contributed by atoms with van der Waals surface area (Å²) >= 11 is 6.12. The lowest BCUT2D eigenvalue weighted by Crippen LogP contribution is -2.30. The molecule has 170 valence electrons. The fraction of sp³-hybridized carbons (Fsp3) is 0.391. The first-order chi connectivity index (χ1) is 15.2. The highest BCUT2D eigenvalue weighted by molar-refractivity contribution is 7.92. The Balaban J connectivity index is 1.62. The molecule has 1 saturated heterocycles. The number of ether oxygens (including phenoxy) is 1. The first-order valence-corrected chi connectivity index (χ1v) is 12.4. The van der Waals surface area contributed by atoms with Crippen molar-refractivity contribution in [1.82, 2.24) is 4.90 Å². The molecule has 9 heteroatoms. The standard InChI is InChI=1S/C23H25ClN2O5S/c1-14-7-9-16(12-19(14)24)25-32(29,30)21-11-15(8-10-20(21)31-2)13-26-22(27)17-5-3-4-6-18(17)23(26)28/h7-12,17-18,25H,3-6,13H2,1-2H3. The zero-order valence-corrected chi connectivity index (χ0v) is 19.5. The molecule has 7 nitrogen and oxygen atoms in total. The molecule has 2 aromatic carbocycles. The van der Waals surface area contributed by atoms with Crippen LogP contribution in [0.2, 0.25) is 5.02 Å². The number of likely N-dealkylation sites (tertiary alicyclic amines) is 1. The van der Waals surface area contributed by atoms with Crippen molar-refractivity contribution in [2.24, 2.45) is 11.8 Å². The summed E-state index contributed by atoms with van der Waals surface area (Å²) in [5.41, 5.74) is 1.69. The van der Waals surface area contributed by atoms with Gasteiger partial charge in [-0.05, 0) is 55.2 Å². The van der Waals surface area contributed by atoms with E-state index in [0.29, 0.717) is 16.3 Å². The summed E-state index contributed by atoms with van der Waals surface area (Å²) in [6.07, 6.45) is 3.37. The number of hydrogen-bond acceptors (Lipinski definition) is 5. The Morgan fingerprint density at radius 2 is 1.72 bits per heavy atom. The lowest BCUT2D eigenvalue weighted by molar-refractivity contribution is -0.140. The van der Waals surface area contributed by atoms with Crippen LogP contribution in [-0.4, -0.2) is 32.2 Å². The van der Waals surface area contributed by atoms with Crippen molar-refractivity contribution < 1.29 is 22.7 Å². The summed E-state index contributed by atoms with van der Waals surface area (Å²) in [4.78, 5) is 26.8. The fourth-order valence-electron chi connectivity index (χ4n) is 4.47. The summed E-state index contributed by atoms with van der Waals surface area (Å²) in [5, 5.41) is 0.443. The van der Waals surface area contributed by atoms with Gasteiger partial charge in [0.25, 0.3) is 10.0 Å². The Labute approximate surface area is 192 Å². The van der Waals surface area contributed by atoms with Gasteiger partial charge in [-0.25, -0.2) is 8.42 Å². The second-order valence-electron chi connectivity index (χ2n) is 8.31. The van der Waals surface area contributed by atoms with Crippen LogP contribution in [0.3, 0.4) is 0 Å². The molecule has 0 bridgehead atoms. The van der Waals surface area contributed by atoms with E-state index in [1.54, 1.807) is 18.2 Å². The van der Waals surface area contributed by atoms with Gasteiger partial charge >= 0.3 is 0 Å². The van der Waals surface area contributed by atoms with Crippen LogP contribution in [-0.2, 0) is 26.2 Å². The van der Waals surface area contributed by atoms with Gasteiger partial charge in [-0.2, -0.15) is 0 Å². The predicted octanol–water partition coefficient (Wildman–Crippen LogP) is 4.13. The van der Waals surface area contributed by atoms with Crippen LogP contribution < -0.4 is 9.46 Å². The van der Waals surface area contributed by atoms with E-state index in [4.69, 9.17) is 16.3 Å². The van der Waals surface area contributed by atoms with Crippen LogP contribution in [0.5, 0.6) is 5.75 Å². The molecule has 1 aliphatic carbocycles. The molecule has 2 atom stereocenters. The number of fused-ring (bicyclic) bond motifs is 1. The third-order valence-electron chi connectivity index (χ3n) is 6.21. The van der Waals surface area contributed by atoms with Gasteiger partial charge in [0, 0.05) is 5.02 Å². The normalized spacial score (nSPS) is 20.9. The molecule has 0 aromatic heterocycles. The highest BCUT2D eigenvalue weighted by atomic mass is 35.5. The van der Waals surface area contributed by atoms with Crippen LogP contribution >= 0.6 is 11.6 Å².